The zero-order chi connectivity index (χ0) is 12.9. The Morgan fingerprint density at radius 3 is 2.76 bits per heavy atom. The van der Waals surface area contributed by atoms with Crippen molar-refractivity contribution in [1.29, 1.82) is 0 Å². The molecule has 6 heteroatoms. The van der Waals surface area contributed by atoms with Gasteiger partial charge in [-0.1, -0.05) is 12.1 Å². The summed E-state index contributed by atoms with van der Waals surface area (Å²) in [6, 6.07) is 6.71. The lowest BCUT2D eigenvalue weighted by Gasteiger charge is -2.10. The lowest BCUT2D eigenvalue weighted by molar-refractivity contribution is 0.198. The highest BCUT2D eigenvalue weighted by molar-refractivity contribution is 7.89. The molecule has 1 N–H and O–H groups in total. The second-order valence-electron chi connectivity index (χ2n) is 3.72. The third-order valence-electron chi connectivity index (χ3n) is 2.14. The lowest BCUT2D eigenvalue weighted by Crippen LogP contribution is -2.31. The number of nitrogens with one attached hydrogen (secondary N) is 1. The van der Waals surface area contributed by atoms with Crippen molar-refractivity contribution in [2.24, 2.45) is 0 Å². The number of alkyl halides is 1. The van der Waals surface area contributed by atoms with Crippen molar-refractivity contribution in [1.82, 2.24) is 4.72 Å². The number of hydrogen-bond donors (Lipinski definition) is 1. The molecule has 0 aliphatic carbocycles. The predicted molar refractivity (Wildman–Crippen MR) is 67.9 cm³/mol. The van der Waals surface area contributed by atoms with Gasteiger partial charge in [0.25, 0.3) is 0 Å². The van der Waals surface area contributed by atoms with Gasteiger partial charge in [-0.2, -0.15) is 0 Å². The second-order valence-corrected chi connectivity index (χ2v) is 6.11. The molecule has 0 heterocycles. The second kappa shape index (κ2) is 6.35. The smallest absolute Gasteiger partial charge is 0.240 e. The maximum absolute atomic E-state index is 11.9. The fourth-order valence-electron chi connectivity index (χ4n) is 1.31. The van der Waals surface area contributed by atoms with Crippen LogP contribution in [0.3, 0.4) is 0 Å². The SMILES string of the molecule is COCC(Cl)CNS(=O)(=O)c1cccc(C)c1. The molecule has 1 aromatic carbocycles. The van der Waals surface area contributed by atoms with Gasteiger partial charge in [-0.15, -0.1) is 11.6 Å². The molecule has 1 unspecified atom stereocenters. The van der Waals surface area contributed by atoms with Crippen molar-refractivity contribution in [3.8, 4) is 0 Å². The van der Waals surface area contributed by atoms with Crippen LogP contribution in [0.1, 0.15) is 5.56 Å². The maximum Gasteiger partial charge on any atom is 0.240 e. The molecule has 1 aromatic rings. The van der Waals surface area contributed by atoms with Crippen LogP contribution in [-0.4, -0.2) is 34.1 Å². The highest BCUT2D eigenvalue weighted by atomic mass is 35.5. The van der Waals surface area contributed by atoms with Crippen LogP contribution in [0.4, 0.5) is 0 Å². The number of benzene rings is 1. The van der Waals surface area contributed by atoms with E-state index in [1.807, 2.05) is 13.0 Å². The normalized spacial score (nSPS) is 13.6. The molecular weight excluding hydrogens is 262 g/mol. The van der Waals surface area contributed by atoms with Crippen molar-refractivity contribution in [2.45, 2.75) is 17.2 Å². The van der Waals surface area contributed by atoms with Crippen molar-refractivity contribution in [2.75, 3.05) is 20.3 Å². The van der Waals surface area contributed by atoms with E-state index < -0.39 is 10.0 Å². The van der Waals surface area contributed by atoms with E-state index >= 15 is 0 Å². The van der Waals surface area contributed by atoms with Gasteiger partial charge in [0.2, 0.25) is 10.0 Å². The summed E-state index contributed by atoms with van der Waals surface area (Å²) in [5.74, 6) is 0. The Bertz CT molecular complexity index is 462. The number of halogens is 1. The molecule has 4 nitrogen and oxygen atoms in total. The van der Waals surface area contributed by atoms with Gasteiger partial charge < -0.3 is 4.74 Å². The summed E-state index contributed by atoms with van der Waals surface area (Å²) in [6.07, 6.45) is 0. The standard InChI is InChI=1S/C11H16ClNO3S/c1-9-4-3-5-11(6-9)17(14,15)13-7-10(12)8-16-2/h3-6,10,13H,7-8H2,1-2H3. The van der Waals surface area contributed by atoms with Crippen LogP contribution in [0.2, 0.25) is 0 Å². The van der Waals surface area contributed by atoms with Gasteiger partial charge in [-0.05, 0) is 24.6 Å². The number of sulfonamides is 1. The summed E-state index contributed by atoms with van der Waals surface area (Å²) in [6.45, 7) is 2.29. The Hall–Kier alpha value is -0.620. The molecule has 0 aliphatic rings. The highest BCUT2D eigenvalue weighted by Gasteiger charge is 2.15. The van der Waals surface area contributed by atoms with E-state index in [1.54, 1.807) is 18.2 Å². The first kappa shape index (κ1) is 14.4. The molecule has 0 radical (unpaired) electrons. The van der Waals surface area contributed by atoms with Crippen LogP contribution < -0.4 is 4.72 Å². The summed E-state index contributed by atoms with van der Waals surface area (Å²) < 4.78 is 31.0. The summed E-state index contributed by atoms with van der Waals surface area (Å²) in [4.78, 5) is 0.249. The van der Waals surface area contributed by atoms with E-state index in [1.165, 1.54) is 7.11 Å². The molecule has 0 amide bonds. The van der Waals surface area contributed by atoms with Gasteiger partial charge in [0.15, 0.2) is 0 Å². The summed E-state index contributed by atoms with van der Waals surface area (Å²) in [5, 5.41) is -0.375. The molecule has 0 aromatic heterocycles. The average molecular weight is 278 g/mol. The van der Waals surface area contributed by atoms with Gasteiger partial charge >= 0.3 is 0 Å². The van der Waals surface area contributed by atoms with Crippen LogP contribution in [0.15, 0.2) is 29.2 Å². The quantitative estimate of drug-likeness (QED) is 0.803. The molecule has 0 aliphatic heterocycles. The molecule has 1 atom stereocenters. The minimum absolute atomic E-state index is 0.145. The van der Waals surface area contributed by atoms with Gasteiger partial charge in [-0.3, -0.25) is 0 Å². The van der Waals surface area contributed by atoms with Crippen LogP contribution >= 0.6 is 11.6 Å². The van der Waals surface area contributed by atoms with E-state index in [9.17, 15) is 8.42 Å². The monoisotopic (exact) mass is 277 g/mol. The maximum atomic E-state index is 11.9. The van der Waals surface area contributed by atoms with Crippen molar-refractivity contribution in [3.05, 3.63) is 29.8 Å². The number of rotatable bonds is 6. The highest BCUT2D eigenvalue weighted by Crippen LogP contribution is 2.10. The number of hydrogen-bond acceptors (Lipinski definition) is 3. The van der Waals surface area contributed by atoms with Gasteiger partial charge in [0.1, 0.15) is 0 Å². The van der Waals surface area contributed by atoms with Crippen LogP contribution in [0, 0.1) is 6.92 Å². The van der Waals surface area contributed by atoms with Gasteiger partial charge in [0.05, 0.1) is 16.9 Å². The summed E-state index contributed by atoms with van der Waals surface area (Å²) >= 11 is 5.85. The minimum Gasteiger partial charge on any atom is -0.383 e. The Morgan fingerprint density at radius 2 is 2.18 bits per heavy atom. The molecule has 96 valence electrons. The topological polar surface area (TPSA) is 55.4 Å². The third kappa shape index (κ3) is 4.63. The predicted octanol–water partition coefficient (Wildman–Crippen LogP) is 1.53. The van der Waals surface area contributed by atoms with E-state index in [4.69, 9.17) is 16.3 Å². The zero-order valence-corrected chi connectivity index (χ0v) is 11.4. The Labute approximate surface area is 107 Å². The zero-order valence-electron chi connectivity index (χ0n) is 9.81. The van der Waals surface area contributed by atoms with E-state index in [0.717, 1.165) is 5.56 Å². The minimum atomic E-state index is -3.49. The number of methoxy groups -OCH3 is 1. The van der Waals surface area contributed by atoms with E-state index in [0.29, 0.717) is 6.61 Å². The molecule has 0 bridgehead atoms. The molecule has 1 rings (SSSR count). The number of aryl methyl sites for hydroxylation is 1. The Kier molecular flexibility index (Phi) is 5.39. The fourth-order valence-corrected chi connectivity index (χ4v) is 2.79. The van der Waals surface area contributed by atoms with Crippen molar-refractivity contribution in [3.63, 3.8) is 0 Å². The Morgan fingerprint density at radius 1 is 1.47 bits per heavy atom. The first-order valence-corrected chi connectivity index (χ1v) is 7.07. The first-order chi connectivity index (χ1) is 7.95. The molecule has 17 heavy (non-hydrogen) atoms. The number of ether oxygens (including phenoxy) is 1. The largest absolute Gasteiger partial charge is 0.383 e. The van der Waals surface area contributed by atoms with Crippen LogP contribution in [0.5, 0.6) is 0 Å². The first-order valence-electron chi connectivity index (χ1n) is 5.15. The lowest BCUT2D eigenvalue weighted by atomic mass is 10.2. The van der Waals surface area contributed by atoms with Gasteiger partial charge in [0, 0.05) is 13.7 Å². The molecule has 0 saturated heterocycles. The third-order valence-corrected chi connectivity index (χ3v) is 3.84. The Balaban J connectivity index is 2.69. The molecule has 0 saturated carbocycles. The fraction of sp³-hybridized carbons (Fsp3) is 0.455. The van der Waals surface area contributed by atoms with E-state index in [2.05, 4.69) is 4.72 Å². The summed E-state index contributed by atoms with van der Waals surface area (Å²) in [5.41, 5.74) is 0.896. The molecular formula is C11H16ClNO3S. The molecule has 0 spiro atoms. The van der Waals surface area contributed by atoms with Crippen molar-refractivity contribution >= 4 is 21.6 Å². The van der Waals surface area contributed by atoms with Crippen LogP contribution in [-0.2, 0) is 14.8 Å². The van der Waals surface area contributed by atoms with Crippen molar-refractivity contribution < 1.29 is 13.2 Å². The molecule has 0 fully saturated rings. The van der Waals surface area contributed by atoms with E-state index in [-0.39, 0.29) is 16.8 Å². The summed E-state index contributed by atoms with van der Waals surface area (Å²) in [7, 11) is -1.97. The average Bonchev–Trinajstić information content (AvgIpc) is 2.27. The van der Waals surface area contributed by atoms with Gasteiger partial charge in [-0.25, -0.2) is 13.1 Å². The van der Waals surface area contributed by atoms with Crippen LogP contribution in [0.25, 0.3) is 0 Å².